The molecule has 140 valence electrons. The van der Waals surface area contributed by atoms with E-state index in [-0.39, 0.29) is 11.2 Å². The Labute approximate surface area is 156 Å². The lowest BCUT2D eigenvalue weighted by atomic mass is 9.66. The molecule has 1 amide bonds. The molecular formula is C19H21FN6O. The van der Waals surface area contributed by atoms with Crippen LogP contribution in [0.4, 0.5) is 10.2 Å². The lowest BCUT2D eigenvalue weighted by Crippen LogP contribution is -2.42. The maximum absolute atomic E-state index is 13.9. The Bertz CT molecular complexity index is 865. The Kier molecular flexibility index (Phi) is 5.75. The average Bonchev–Trinajstić information content (AvgIpc) is 3.19. The molecule has 3 aromatic heterocycles. The van der Waals surface area contributed by atoms with Gasteiger partial charge in [0, 0.05) is 36.7 Å². The minimum absolute atomic E-state index is 0.205. The third-order valence-electron chi connectivity index (χ3n) is 4.63. The number of hydrogen-bond acceptors (Lipinski definition) is 5. The minimum atomic E-state index is -0.397. The van der Waals surface area contributed by atoms with Gasteiger partial charge in [-0.2, -0.15) is 5.10 Å². The van der Waals surface area contributed by atoms with E-state index in [1.165, 1.54) is 6.07 Å². The average molecular weight is 368 g/mol. The van der Waals surface area contributed by atoms with Crippen LogP contribution < -0.4 is 11.1 Å². The van der Waals surface area contributed by atoms with Crippen LogP contribution in [0.5, 0.6) is 0 Å². The number of rotatable bonds is 5. The monoisotopic (exact) mass is 368 g/mol. The molecule has 0 unspecified atom stereocenters. The van der Waals surface area contributed by atoms with Gasteiger partial charge in [0.2, 0.25) is 5.91 Å². The first kappa shape index (κ1) is 18.5. The van der Waals surface area contributed by atoms with Crippen LogP contribution in [-0.4, -0.2) is 32.6 Å². The van der Waals surface area contributed by atoms with Crippen LogP contribution in [0.3, 0.4) is 0 Å². The maximum Gasteiger partial charge on any atom is 0.250 e. The molecule has 3 heterocycles. The fraction of sp³-hybridized carbons (Fsp3) is 0.263. The van der Waals surface area contributed by atoms with Gasteiger partial charge in [-0.3, -0.25) is 9.78 Å². The molecule has 7 nitrogen and oxygen atoms in total. The number of halogens is 1. The first-order valence-corrected chi connectivity index (χ1v) is 8.66. The van der Waals surface area contributed by atoms with Crippen molar-refractivity contribution in [1.29, 1.82) is 0 Å². The summed E-state index contributed by atoms with van der Waals surface area (Å²) < 4.78 is 13.9. The summed E-state index contributed by atoms with van der Waals surface area (Å²) in [5.41, 5.74) is 5.78. The predicted octanol–water partition coefficient (Wildman–Crippen LogP) is 2.66. The molecule has 0 aromatic carbocycles. The number of carbonyl (C=O) groups excluding carboxylic acids is 1. The Morgan fingerprint density at radius 2 is 2.07 bits per heavy atom. The molecule has 0 saturated heterocycles. The molecule has 4 rings (SSSR count). The summed E-state index contributed by atoms with van der Waals surface area (Å²) in [6, 6.07) is 8.41. The topological polar surface area (TPSA) is 110 Å². The van der Waals surface area contributed by atoms with E-state index in [0.29, 0.717) is 23.6 Å². The van der Waals surface area contributed by atoms with Crippen LogP contribution >= 0.6 is 0 Å². The van der Waals surface area contributed by atoms with Crippen molar-refractivity contribution < 1.29 is 9.18 Å². The molecule has 0 spiro atoms. The van der Waals surface area contributed by atoms with Crippen LogP contribution in [0.2, 0.25) is 0 Å². The Balaban J connectivity index is 0.000000221. The van der Waals surface area contributed by atoms with E-state index in [1.54, 1.807) is 36.9 Å². The number of nitrogens with one attached hydrogen (secondary N) is 2. The molecule has 0 radical (unpaired) electrons. The molecule has 8 heteroatoms. The quantitative estimate of drug-likeness (QED) is 0.641. The van der Waals surface area contributed by atoms with Gasteiger partial charge in [0.1, 0.15) is 11.6 Å². The van der Waals surface area contributed by atoms with Gasteiger partial charge >= 0.3 is 0 Å². The second kappa shape index (κ2) is 8.39. The van der Waals surface area contributed by atoms with Crippen molar-refractivity contribution in [2.75, 3.05) is 11.9 Å². The van der Waals surface area contributed by atoms with Gasteiger partial charge in [-0.1, -0.05) is 6.42 Å². The highest BCUT2D eigenvalue weighted by atomic mass is 19.1. The van der Waals surface area contributed by atoms with Crippen LogP contribution in [0.1, 0.15) is 35.3 Å². The third-order valence-corrected chi connectivity index (χ3v) is 4.63. The molecule has 0 aliphatic heterocycles. The zero-order valence-corrected chi connectivity index (χ0v) is 14.7. The third kappa shape index (κ3) is 4.46. The van der Waals surface area contributed by atoms with E-state index in [4.69, 9.17) is 5.73 Å². The van der Waals surface area contributed by atoms with Gasteiger partial charge in [-0.05, 0) is 43.2 Å². The summed E-state index contributed by atoms with van der Waals surface area (Å²) in [4.78, 5) is 17.2. The lowest BCUT2D eigenvalue weighted by Gasteiger charge is -2.41. The zero-order chi connectivity index (χ0) is 19.1. The molecule has 1 aliphatic carbocycles. The molecule has 1 saturated carbocycles. The summed E-state index contributed by atoms with van der Waals surface area (Å²) in [7, 11) is 0. The summed E-state index contributed by atoms with van der Waals surface area (Å²) in [6.45, 7) is 0.639. The van der Waals surface area contributed by atoms with Gasteiger partial charge in [0.05, 0.1) is 11.3 Å². The van der Waals surface area contributed by atoms with Gasteiger partial charge in [0.25, 0.3) is 0 Å². The number of primary amides is 1. The van der Waals surface area contributed by atoms with Crippen molar-refractivity contribution in [1.82, 2.24) is 20.2 Å². The minimum Gasteiger partial charge on any atom is -0.368 e. The SMILES string of the molecule is Fc1cccnc1C1(CNc2cccnn2)CCC1.NC(=O)c1cc[nH]c1. The van der Waals surface area contributed by atoms with Crippen LogP contribution in [-0.2, 0) is 5.41 Å². The molecule has 1 aliphatic rings. The number of nitrogens with two attached hydrogens (primary N) is 1. The van der Waals surface area contributed by atoms with Crippen molar-refractivity contribution in [3.63, 3.8) is 0 Å². The molecule has 3 aromatic rings. The number of aromatic nitrogens is 4. The van der Waals surface area contributed by atoms with E-state index < -0.39 is 5.91 Å². The highest BCUT2D eigenvalue weighted by molar-refractivity contribution is 5.92. The molecule has 0 bridgehead atoms. The normalized spacial score (nSPS) is 14.4. The Morgan fingerprint density at radius 3 is 2.59 bits per heavy atom. The second-order valence-corrected chi connectivity index (χ2v) is 6.39. The number of hydrogen-bond donors (Lipinski definition) is 3. The van der Waals surface area contributed by atoms with Crippen molar-refractivity contribution in [3.05, 3.63) is 72.2 Å². The lowest BCUT2D eigenvalue weighted by molar-refractivity contribution is 0.100. The number of pyridine rings is 1. The van der Waals surface area contributed by atoms with E-state index in [9.17, 15) is 9.18 Å². The molecule has 0 atom stereocenters. The zero-order valence-electron chi connectivity index (χ0n) is 14.7. The van der Waals surface area contributed by atoms with Crippen LogP contribution in [0, 0.1) is 5.82 Å². The molecular weight excluding hydrogens is 347 g/mol. The molecule has 4 N–H and O–H groups in total. The van der Waals surface area contributed by atoms with Crippen LogP contribution in [0.15, 0.2) is 55.1 Å². The number of aromatic amines is 1. The second-order valence-electron chi connectivity index (χ2n) is 6.39. The summed E-state index contributed by atoms with van der Waals surface area (Å²) in [5, 5.41) is 11.0. The fourth-order valence-corrected chi connectivity index (χ4v) is 3.01. The van der Waals surface area contributed by atoms with Crippen molar-refractivity contribution >= 4 is 11.7 Å². The van der Waals surface area contributed by atoms with E-state index in [2.05, 4.69) is 25.5 Å². The molecule has 1 fully saturated rings. The summed E-state index contributed by atoms with van der Waals surface area (Å²) >= 11 is 0. The number of nitrogens with zero attached hydrogens (tertiary/aromatic N) is 3. The largest absolute Gasteiger partial charge is 0.368 e. The van der Waals surface area contributed by atoms with Crippen molar-refractivity contribution in [3.8, 4) is 0 Å². The summed E-state index contributed by atoms with van der Waals surface area (Å²) in [6.07, 6.45) is 9.51. The van der Waals surface area contributed by atoms with Gasteiger partial charge in [-0.25, -0.2) is 4.39 Å². The number of anilines is 1. The summed E-state index contributed by atoms with van der Waals surface area (Å²) in [5.74, 6) is 0.0968. The van der Waals surface area contributed by atoms with E-state index >= 15 is 0 Å². The van der Waals surface area contributed by atoms with Gasteiger partial charge in [-0.15, -0.1) is 5.10 Å². The highest BCUT2D eigenvalue weighted by Crippen LogP contribution is 2.43. The standard InChI is InChI=1S/C14H15FN4.C5H6N2O/c15-11-4-1-8-16-13(11)14(6-3-7-14)10-17-12-5-2-9-18-19-12;6-5(8)4-1-2-7-3-4/h1-2,4-5,8-9H,3,6-7,10H2,(H,17,19);1-3,7H,(H2,6,8). The fourth-order valence-electron chi connectivity index (χ4n) is 3.01. The van der Waals surface area contributed by atoms with Crippen LogP contribution in [0.25, 0.3) is 0 Å². The van der Waals surface area contributed by atoms with Gasteiger partial charge in [0.15, 0.2) is 0 Å². The van der Waals surface area contributed by atoms with Gasteiger partial charge < -0.3 is 16.0 Å². The van der Waals surface area contributed by atoms with E-state index in [1.807, 2.05) is 12.1 Å². The highest BCUT2D eigenvalue weighted by Gasteiger charge is 2.41. The number of H-pyrrole nitrogens is 1. The Morgan fingerprint density at radius 1 is 1.26 bits per heavy atom. The smallest absolute Gasteiger partial charge is 0.250 e. The molecule has 27 heavy (non-hydrogen) atoms. The predicted molar refractivity (Wildman–Crippen MR) is 99.6 cm³/mol. The first-order chi connectivity index (χ1) is 13.1. The van der Waals surface area contributed by atoms with E-state index in [0.717, 1.165) is 19.3 Å². The van der Waals surface area contributed by atoms with Crippen molar-refractivity contribution in [2.45, 2.75) is 24.7 Å². The Hall–Kier alpha value is -3.29. The first-order valence-electron chi connectivity index (χ1n) is 8.66. The number of amides is 1. The maximum atomic E-state index is 13.9. The van der Waals surface area contributed by atoms with Crippen molar-refractivity contribution in [2.24, 2.45) is 5.73 Å². The number of carbonyl (C=O) groups is 1.